The zero-order valence-electron chi connectivity index (χ0n) is 15.1. The molecule has 0 radical (unpaired) electrons. The Kier molecular flexibility index (Phi) is 6.13. The summed E-state index contributed by atoms with van der Waals surface area (Å²) in [5.41, 5.74) is 1.43. The van der Waals surface area contributed by atoms with Gasteiger partial charge in [0.2, 0.25) is 5.91 Å². The van der Waals surface area contributed by atoms with E-state index in [4.69, 9.17) is 4.74 Å². The largest absolute Gasteiger partial charge is 0.497 e. The highest BCUT2D eigenvalue weighted by Crippen LogP contribution is 2.22. The number of nitrogens with zero attached hydrogens (tertiary/aromatic N) is 3. The molecular formula is C20H20FN3O2S. The number of carbonyl (C=O) groups excluding carboxylic acids is 1. The van der Waals surface area contributed by atoms with E-state index < -0.39 is 0 Å². The van der Waals surface area contributed by atoms with Crippen LogP contribution < -0.4 is 4.74 Å². The molecule has 0 aliphatic carbocycles. The first-order valence-electron chi connectivity index (χ1n) is 8.36. The molecule has 0 unspecified atom stereocenters. The maximum absolute atomic E-state index is 13.8. The number of halogens is 1. The SMILES string of the molecule is COc1ccc(-n2ccnc2SCC(=O)N(C)Cc2ccccc2F)cc1. The molecule has 0 N–H and O–H groups in total. The lowest BCUT2D eigenvalue weighted by atomic mass is 10.2. The summed E-state index contributed by atoms with van der Waals surface area (Å²) in [6.07, 6.45) is 3.54. The molecule has 0 spiro atoms. The molecule has 0 aliphatic heterocycles. The van der Waals surface area contributed by atoms with Crippen molar-refractivity contribution in [3.8, 4) is 11.4 Å². The van der Waals surface area contributed by atoms with Crippen LogP contribution in [0.2, 0.25) is 0 Å². The van der Waals surface area contributed by atoms with Crippen LogP contribution in [0.25, 0.3) is 5.69 Å². The number of ether oxygens (including phenoxy) is 1. The molecule has 0 aliphatic rings. The standard InChI is InChI=1S/C20H20FN3O2S/c1-23(13-15-5-3-4-6-18(15)21)19(25)14-27-20-22-11-12-24(20)16-7-9-17(26-2)10-8-16/h3-12H,13-14H2,1-2H3. The zero-order valence-corrected chi connectivity index (χ0v) is 15.9. The topological polar surface area (TPSA) is 47.4 Å². The van der Waals surface area contributed by atoms with Crippen molar-refractivity contribution >= 4 is 17.7 Å². The van der Waals surface area contributed by atoms with Crippen molar-refractivity contribution in [1.29, 1.82) is 0 Å². The second-order valence-electron chi connectivity index (χ2n) is 5.91. The molecule has 0 atom stereocenters. The molecule has 5 nitrogen and oxygen atoms in total. The van der Waals surface area contributed by atoms with Crippen LogP contribution in [0, 0.1) is 5.82 Å². The second-order valence-corrected chi connectivity index (χ2v) is 6.85. The molecule has 140 valence electrons. The molecule has 1 aromatic heterocycles. The van der Waals surface area contributed by atoms with E-state index in [0.29, 0.717) is 10.7 Å². The molecule has 1 amide bonds. The number of thioether (sulfide) groups is 1. The number of benzene rings is 2. The maximum atomic E-state index is 13.8. The molecule has 7 heteroatoms. The van der Waals surface area contributed by atoms with Gasteiger partial charge in [-0.25, -0.2) is 9.37 Å². The van der Waals surface area contributed by atoms with Crippen molar-refractivity contribution in [2.24, 2.45) is 0 Å². The monoisotopic (exact) mass is 385 g/mol. The summed E-state index contributed by atoms with van der Waals surface area (Å²) < 4.78 is 20.8. The van der Waals surface area contributed by atoms with Gasteiger partial charge in [-0.05, 0) is 30.3 Å². The molecule has 0 saturated heterocycles. The Bertz CT molecular complexity index is 912. The van der Waals surface area contributed by atoms with Crippen LogP contribution >= 0.6 is 11.8 Å². The zero-order chi connectivity index (χ0) is 19.2. The third kappa shape index (κ3) is 4.68. The van der Waals surface area contributed by atoms with Crippen molar-refractivity contribution in [3.05, 3.63) is 72.3 Å². The molecule has 2 aromatic carbocycles. The number of hydrogen-bond acceptors (Lipinski definition) is 4. The second kappa shape index (κ2) is 8.73. The maximum Gasteiger partial charge on any atom is 0.233 e. The summed E-state index contributed by atoms with van der Waals surface area (Å²) in [4.78, 5) is 18.3. The quantitative estimate of drug-likeness (QED) is 0.581. The van der Waals surface area contributed by atoms with E-state index in [-0.39, 0.29) is 24.0 Å². The van der Waals surface area contributed by atoms with E-state index in [9.17, 15) is 9.18 Å². The number of aromatic nitrogens is 2. The molecule has 3 rings (SSSR count). The third-order valence-corrected chi connectivity index (χ3v) is 5.02. The van der Waals surface area contributed by atoms with Gasteiger partial charge in [-0.1, -0.05) is 30.0 Å². The van der Waals surface area contributed by atoms with E-state index in [1.807, 2.05) is 35.0 Å². The minimum atomic E-state index is -0.306. The van der Waals surface area contributed by atoms with E-state index in [1.54, 1.807) is 38.6 Å². The van der Waals surface area contributed by atoms with Crippen LogP contribution in [0.15, 0.2) is 66.1 Å². The number of hydrogen-bond donors (Lipinski definition) is 0. The fraction of sp³-hybridized carbons (Fsp3) is 0.200. The summed E-state index contributed by atoms with van der Waals surface area (Å²) in [5.74, 6) is 0.600. The van der Waals surface area contributed by atoms with Crippen molar-refractivity contribution < 1.29 is 13.9 Å². The fourth-order valence-corrected chi connectivity index (χ4v) is 3.46. The Labute approximate surface area is 161 Å². The predicted molar refractivity (Wildman–Crippen MR) is 104 cm³/mol. The van der Waals surface area contributed by atoms with Gasteiger partial charge in [0.05, 0.1) is 12.9 Å². The highest BCUT2D eigenvalue weighted by Gasteiger charge is 2.14. The molecule has 27 heavy (non-hydrogen) atoms. The van der Waals surface area contributed by atoms with Gasteiger partial charge in [0, 0.05) is 37.2 Å². The molecule has 1 heterocycles. The van der Waals surface area contributed by atoms with Crippen molar-refractivity contribution in [1.82, 2.24) is 14.5 Å². The number of amides is 1. The molecule has 0 saturated carbocycles. The van der Waals surface area contributed by atoms with Crippen molar-refractivity contribution in [2.75, 3.05) is 19.9 Å². The Balaban J connectivity index is 1.62. The van der Waals surface area contributed by atoms with Crippen LogP contribution in [0.4, 0.5) is 4.39 Å². The van der Waals surface area contributed by atoms with E-state index in [1.165, 1.54) is 22.7 Å². The van der Waals surface area contributed by atoms with Gasteiger partial charge in [0.15, 0.2) is 5.16 Å². The molecular weight excluding hydrogens is 365 g/mol. The minimum Gasteiger partial charge on any atom is -0.497 e. The fourth-order valence-electron chi connectivity index (χ4n) is 2.54. The van der Waals surface area contributed by atoms with Crippen molar-refractivity contribution in [3.63, 3.8) is 0 Å². The van der Waals surface area contributed by atoms with Crippen molar-refractivity contribution in [2.45, 2.75) is 11.7 Å². The number of rotatable bonds is 7. The van der Waals surface area contributed by atoms with Gasteiger partial charge in [-0.2, -0.15) is 0 Å². The summed E-state index contributed by atoms with van der Waals surface area (Å²) in [6, 6.07) is 14.1. The van der Waals surface area contributed by atoms with Gasteiger partial charge in [0.25, 0.3) is 0 Å². The predicted octanol–water partition coefficient (Wildman–Crippen LogP) is 3.77. The first kappa shape index (κ1) is 19.0. The average molecular weight is 385 g/mol. The van der Waals surface area contributed by atoms with Gasteiger partial charge in [0.1, 0.15) is 11.6 Å². The summed E-state index contributed by atoms with van der Waals surface area (Å²) in [6.45, 7) is 0.235. The number of carbonyl (C=O) groups is 1. The minimum absolute atomic E-state index is 0.0902. The Morgan fingerprint density at radius 3 is 2.67 bits per heavy atom. The van der Waals surface area contributed by atoms with Gasteiger partial charge < -0.3 is 9.64 Å². The summed E-state index contributed by atoms with van der Waals surface area (Å²) in [7, 11) is 3.29. The van der Waals surface area contributed by atoms with E-state index in [2.05, 4.69) is 4.98 Å². The van der Waals surface area contributed by atoms with Crippen LogP contribution in [-0.4, -0.2) is 40.3 Å². The Hall–Kier alpha value is -2.80. The Morgan fingerprint density at radius 1 is 1.22 bits per heavy atom. The first-order chi connectivity index (χ1) is 13.1. The highest BCUT2D eigenvalue weighted by molar-refractivity contribution is 7.99. The highest BCUT2D eigenvalue weighted by atomic mass is 32.2. The third-order valence-electron chi connectivity index (χ3n) is 4.07. The van der Waals surface area contributed by atoms with Crippen LogP contribution in [-0.2, 0) is 11.3 Å². The number of methoxy groups -OCH3 is 1. The van der Waals surface area contributed by atoms with Gasteiger partial charge >= 0.3 is 0 Å². The lowest BCUT2D eigenvalue weighted by molar-refractivity contribution is -0.127. The molecule has 0 bridgehead atoms. The van der Waals surface area contributed by atoms with E-state index >= 15 is 0 Å². The smallest absolute Gasteiger partial charge is 0.233 e. The van der Waals surface area contributed by atoms with Crippen LogP contribution in [0.3, 0.4) is 0 Å². The summed E-state index contributed by atoms with van der Waals surface area (Å²) in [5, 5.41) is 0.716. The number of imidazole rings is 1. The summed E-state index contributed by atoms with van der Waals surface area (Å²) >= 11 is 1.35. The normalized spacial score (nSPS) is 10.6. The lowest BCUT2D eigenvalue weighted by Gasteiger charge is -2.17. The van der Waals surface area contributed by atoms with Gasteiger partial charge in [-0.15, -0.1) is 0 Å². The van der Waals surface area contributed by atoms with E-state index in [0.717, 1.165) is 11.4 Å². The lowest BCUT2D eigenvalue weighted by Crippen LogP contribution is -2.28. The Morgan fingerprint density at radius 2 is 1.96 bits per heavy atom. The van der Waals surface area contributed by atoms with Gasteiger partial charge in [-0.3, -0.25) is 9.36 Å². The first-order valence-corrected chi connectivity index (χ1v) is 9.35. The molecule has 0 fully saturated rings. The van der Waals surface area contributed by atoms with Crippen LogP contribution in [0.5, 0.6) is 5.75 Å². The van der Waals surface area contributed by atoms with Crippen LogP contribution in [0.1, 0.15) is 5.56 Å². The molecule has 3 aromatic rings. The average Bonchev–Trinajstić information content (AvgIpc) is 3.16.